The normalized spacial score (nSPS) is 16.5. The number of pyridine rings is 1. The molecule has 0 radical (unpaired) electrons. The zero-order valence-corrected chi connectivity index (χ0v) is 16.8. The number of para-hydroxylation sites is 1. The molecule has 0 saturated carbocycles. The van der Waals surface area contributed by atoms with Gasteiger partial charge >= 0.3 is 0 Å². The third kappa shape index (κ3) is 2.27. The van der Waals surface area contributed by atoms with E-state index < -0.39 is 0 Å². The molecule has 1 atom stereocenters. The Kier molecular flexibility index (Phi) is 3.83. The molecule has 0 saturated heterocycles. The van der Waals surface area contributed by atoms with Crippen LogP contribution in [0.4, 0.5) is 17.2 Å². The van der Waals surface area contributed by atoms with Gasteiger partial charge in [0.1, 0.15) is 11.7 Å². The maximum Gasteiger partial charge on any atom is 0.159 e. The second-order valence-electron chi connectivity index (χ2n) is 7.81. The predicted octanol–water partition coefficient (Wildman–Crippen LogP) is 6.39. The number of benzene rings is 2. The lowest BCUT2D eigenvalue weighted by molar-refractivity contribution is 0.555. The average Bonchev–Trinajstić information content (AvgIpc) is 3.23. The Morgan fingerprint density at radius 3 is 2.64 bits per heavy atom. The van der Waals surface area contributed by atoms with Crippen LogP contribution in [0.2, 0.25) is 0 Å². The van der Waals surface area contributed by atoms with E-state index in [1.807, 2.05) is 24.4 Å². The van der Waals surface area contributed by atoms with E-state index in [4.69, 9.17) is 9.40 Å². The van der Waals surface area contributed by atoms with Gasteiger partial charge in [0, 0.05) is 23.0 Å². The first-order valence-corrected chi connectivity index (χ1v) is 10.0. The van der Waals surface area contributed by atoms with E-state index >= 15 is 0 Å². The molecule has 4 aromatic rings. The highest BCUT2D eigenvalue weighted by Gasteiger charge is 2.39. The number of nitrogens with zero attached hydrogens (tertiary/aromatic N) is 3. The Hall–Kier alpha value is -3.01. The number of fused-ring (bicyclic) bond motifs is 4. The van der Waals surface area contributed by atoms with Gasteiger partial charge in [-0.25, -0.2) is 4.98 Å². The topological polar surface area (TPSA) is 32.5 Å². The van der Waals surface area contributed by atoms with Gasteiger partial charge < -0.3 is 9.32 Å². The first-order chi connectivity index (χ1) is 13.6. The van der Waals surface area contributed by atoms with Crippen molar-refractivity contribution >= 4 is 39.1 Å². The van der Waals surface area contributed by atoms with Crippen molar-refractivity contribution in [2.24, 2.45) is 0 Å². The van der Waals surface area contributed by atoms with Gasteiger partial charge in [0.15, 0.2) is 11.4 Å². The molecule has 0 spiro atoms. The summed E-state index contributed by atoms with van der Waals surface area (Å²) in [5, 5.41) is 2.32. The first-order valence-electron chi connectivity index (χ1n) is 10.0. The lowest BCUT2D eigenvalue weighted by Gasteiger charge is -2.35. The van der Waals surface area contributed by atoms with Crippen molar-refractivity contribution in [1.82, 2.24) is 4.98 Å². The molecule has 2 aromatic carbocycles. The quantitative estimate of drug-likeness (QED) is 0.417. The number of hydrogen-bond donors (Lipinski definition) is 0. The molecular formula is C24H25N3O. The summed E-state index contributed by atoms with van der Waals surface area (Å²) in [4.78, 5) is 9.65. The summed E-state index contributed by atoms with van der Waals surface area (Å²) in [6.45, 7) is 8.90. The zero-order chi connectivity index (χ0) is 19.4. The van der Waals surface area contributed by atoms with Crippen LogP contribution in [0.1, 0.15) is 32.8 Å². The van der Waals surface area contributed by atoms with E-state index in [1.54, 1.807) is 0 Å². The molecule has 3 heterocycles. The number of anilines is 3. The Morgan fingerprint density at radius 2 is 1.86 bits per heavy atom. The Labute approximate surface area is 165 Å². The molecule has 142 valence electrons. The fourth-order valence-corrected chi connectivity index (χ4v) is 4.63. The molecule has 1 aliphatic rings. The van der Waals surface area contributed by atoms with Gasteiger partial charge in [-0.15, -0.1) is 0 Å². The summed E-state index contributed by atoms with van der Waals surface area (Å²) >= 11 is 0. The van der Waals surface area contributed by atoms with Crippen LogP contribution in [0.3, 0.4) is 0 Å². The molecule has 28 heavy (non-hydrogen) atoms. The Balaban J connectivity index is 1.83. The van der Waals surface area contributed by atoms with Crippen molar-refractivity contribution in [3.05, 3.63) is 60.3 Å². The van der Waals surface area contributed by atoms with Gasteiger partial charge in [-0.3, -0.25) is 4.90 Å². The minimum absolute atomic E-state index is 0.211. The highest BCUT2D eigenvalue weighted by molar-refractivity contribution is 6.10. The van der Waals surface area contributed by atoms with E-state index in [-0.39, 0.29) is 6.17 Å². The van der Waals surface area contributed by atoms with Crippen LogP contribution in [-0.4, -0.2) is 17.2 Å². The summed E-state index contributed by atoms with van der Waals surface area (Å²) in [6, 6.07) is 17.2. The molecule has 0 N–H and O–H groups in total. The molecule has 1 aliphatic heterocycles. The second kappa shape index (κ2) is 6.26. The van der Waals surface area contributed by atoms with E-state index in [2.05, 4.69) is 67.8 Å². The Bertz CT molecular complexity index is 1180. The Morgan fingerprint density at radius 1 is 1.04 bits per heavy atom. The van der Waals surface area contributed by atoms with Crippen molar-refractivity contribution in [1.29, 1.82) is 0 Å². The number of rotatable bonds is 3. The van der Waals surface area contributed by atoms with Crippen LogP contribution < -0.4 is 9.80 Å². The van der Waals surface area contributed by atoms with E-state index in [1.165, 1.54) is 11.3 Å². The van der Waals surface area contributed by atoms with Gasteiger partial charge in [-0.05, 0) is 51.0 Å². The minimum atomic E-state index is 0.211. The number of furan rings is 1. The monoisotopic (exact) mass is 371 g/mol. The van der Waals surface area contributed by atoms with Crippen LogP contribution >= 0.6 is 0 Å². The van der Waals surface area contributed by atoms with Crippen LogP contribution in [0, 0.1) is 6.92 Å². The van der Waals surface area contributed by atoms with Gasteiger partial charge in [-0.2, -0.15) is 0 Å². The van der Waals surface area contributed by atoms with Gasteiger partial charge in [-0.1, -0.05) is 37.3 Å². The lowest BCUT2D eigenvalue weighted by Crippen LogP contribution is -2.44. The van der Waals surface area contributed by atoms with Crippen molar-refractivity contribution in [2.75, 3.05) is 9.80 Å². The summed E-state index contributed by atoms with van der Waals surface area (Å²) < 4.78 is 6.39. The SMILES string of the molecule is CCC1N(c2c(C)ccc3c2oc2ccccc23)c2ncccc2N1C(C)C. The van der Waals surface area contributed by atoms with Gasteiger partial charge in [0.25, 0.3) is 0 Å². The van der Waals surface area contributed by atoms with Gasteiger partial charge in [0.2, 0.25) is 0 Å². The van der Waals surface area contributed by atoms with Crippen LogP contribution in [0.5, 0.6) is 0 Å². The second-order valence-corrected chi connectivity index (χ2v) is 7.81. The smallest absolute Gasteiger partial charge is 0.159 e. The molecule has 0 amide bonds. The highest BCUT2D eigenvalue weighted by atomic mass is 16.3. The molecule has 0 fully saturated rings. The molecule has 1 unspecified atom stereocenters. The summed E-state index contributed by atoms with van der Waals surface area (Å²) in [5.74, 6) is 1.01. The minimum Gasteiger partial charge on any atom is -0.454 e. The first kappa shape index (κ1) is 17.1. The molecule has 4 nitrogen and oxygen atoms in total. The maximum atomic E-state index is 6.39. The van der Waals surface area contributed by atoms with E-state index in [0.29, 0.717) is 6.04 Å². The largest absolute Gasteiger partial charge is 0.454 e. The molecular weight excluding hydrogens is 346 g/mol. The van der Waals surface area contributed by atoms with Crippen LogP contribution in [0.15, 0.2) is 59.1 Å². The van der Waals surface area contributed by atoms with Crippen LogP contribution in [0.25, 0.3) is 21.9 Å². The van der Waals surface area contributed by atoms with Crippen LogP contribution in [-0.2, 0) is 0 Å². The van der Waals surface area contributed by atoms with Crippen molar-refractivity contribution < 1.29 is 4.42 Å². The standard InChI is InChI=1S/C24H25N3O/c1-5-21-26(15(2)3)19-10-8-14-25-24(19)27(21)22-16(4)12-13-18-17-9-6-7-11-20(17)28-23(18)22/h6-15,21H,5H2,1-4H3. The molecule has 0 bridgehead atoms. The van der Waals surface area contributed by atoms with Crippen molar-refractivity contribution in [2.45, 2.75) is 46.3 Å². The van der Waals surface area contributed by atoms with E-state index in [9.17, 15) is 0 Å². The fraction of sp³-hybridized carbons (Fsp3) is 0.292. The highest BCUT2D eigenvalue weighted by Crippen LogP contribution is 2.48. The number of hydrogen-bond acceptors (Lipinski definition) is 4. The average molecular weight is 371 g/mol. The lowest BCUT2D eigenvalue weighted by atomic mass is 10.1. The molecule has 0 aliphatic carbocycles. The summed E-state index contributed by atoms with van der Waals surface area (Å²) in [7, 11) is 0. The molecule has 2 aromatic heterocycles. The zero-order valence-electron chi connectivity index (χ0n) is 16.8. The van der Waals surface area contributed by atoms with Gasteiger partial charge in [0.05, 0.1) is 11.4 Å². The molecule has 4 heteroatoms. The summed E-state index contributed by atoms with van der Waals surface area (Å²) in [5.41, 5.74) is 5.40. The van der Waals surface area contributed by atoms with Crippen molar-refractivity contribution in [3.8, 4) is 0 Å². The molecule has 5 rings (SSSR count). The third-order valence-electron chi connectivity index (χ3n) is 5.78. The summed E-state index contributed by atoms with van der Waals surface area (Å²) in [6.07, 6.45) is 3.09. The fourth-order valence-electron chi connectivity index (χ4n) is 4.63. The third-order valence-corrected chi connectivity index (χ3v) is 5.78. The number of aromatic nitrogens is 1. The number of aryl methyl sites for hydroxylation is 1. The maximum absolute atomic E-state index is 6.39. The predicted molar refractivity (Wildman–Crippen MR) is 117 cm³/mol. The van der Waals surface area contributed by atoms with Crippen molar-refractivity contribution in [3.63, 3.8) is 0 Å². The van der Waals surface area contributed by atoms with E-state index in [0.717, 1.165) is 39.9 Å².